The van der Waals surface area contributed by atoms with Crippen molar-refractivity contribution in [1.29, 1.82) is 5.41 Å². The van der Waals surface area contributed by atoms with Gasteiger partial charge < -0.3 is 19.9 Å². The molecule has 0 radical (unpaired) electrons. The van der Waals surface area contributed by atoms with Crippen molar-refractivity contribution in [1.82, 2.24) is 0 Å². The zero-order valence-electron chi connectivity index (χ0n) is 18.8. The minimum atomic E-state index is -0.607. The van der Waals surface area contributed by atoms with Gasteiger partial charge in [0, 0.05) is 10.1 Å². The van der Waals surface area contributed by atoms with Crippen LogP contribution in [0, 0.1) is 12.3 Å². The number of nitrogen functional groups attached to an aromatic ring is 1. The van der Waals surface area contributed by atoms with E-state index < -0.39 is 12.2 Å². The van der Waals surface area contributed by atoms with Gasteiger partial charge in [-0.2, -0.15) is 0 Å². The number of hydrogen-bond donors (Lipinski definition) is 3. The predicted octanol–water partition coefficient (Wildman–Crippen LogP) is 5.87. The van der Waals surface area contributed by atoms with Crippen molar-refractivity contribution in [3.05, 3.63) is 88.8 Å². The highest BCUT2D eigenvalue weighted by molar-refractivity contribution is 7.20. The second kappa shape index (κ2) is 10.3. The summed E-state index contributed by atoms with van der Waals surface area (Å²) < 4.78 is 18.2. The highest BCUT2D eigenvalue weighted by Gasteiger charge is 2.19. The highest BCUT2D eigenvalue weighted by Crippen LogP contribution is 2.35. The van der Waals surface area contributed by atoms with E-state index in [0.29, 0.717) is 22.1 Å². The lowest BCUT2D eigenvalue weighted by molar-refractivity contribution is 0.0909. The molecule has 0 fully saturated rings. The van der Waals surface area contributed by atoms with Crippen molar-refractivity contribution >= 4 is 39.0 Å². The van der Waals surface area contributed by atoms with Gasteiger partial charge in [0.15, 0.2) is 6.10 Å². The highest BCUT2D eigenvalue weighted by atomic mass is 32.1. The molecule has 1 atom stereocenters. The first-order chi connectivity index (χ1) is 16.5. The zero-order chi connectivity index (χ0) is 24.1. The normalized spacial score (nSPS) is 11.6. The van der Waals surface area contributed by atoms with Crippen LogP contribution >= 0.6 is 11.3 Å². The number of benzene rings is 3. The van der Waals surface area contributed by atoms with E-state index in [1.807, 2.05) is 73.7 Å². The van der Waals surface area contributed by atoms with Gasteiger partial charge in [-0.1, -0.05) is 48.5 Å². The van der Waals surface area contributed by atoms with Gasteiger partial charge in [0.1, 0.15) is 23.9 Å². The third kappa shape index (κ3) is 5.13. The van der Waals surface area contributed by atoms with E-state index in [4.69, 9.17) is 25.4 Å². The summed E-state index contributed by atoms with van der Waals surface area (Å²) in [5.41, 5.74) is 7.96. The van der Waals surface area contributed by atoms with Gasteiger partial charge in [0.2, 0.25) is 0 Å². The minimum absolute atomic E-state index is 0.00979. The fraction of sp³-hybridized carbons (Fsp3) is 0.154. The van der Waals surface area contributed by atoms with Crippen LogP contribution in [-0.2, 0) is 4.74 Å². The number of ether oxygens (including phenoxy) is 3. The van der Waals surface area contributed by atoms with E-state index in [9.17, 15) is 4.79 Å². The Labute approximate surface area is 201 Å². The summed E-state index contributed by atoms with van der Waals surface area (Å²) in [6, 6.07) is 22.6. The molecule has 0 aliphatic heterocycles. The van der Waals surface area contributed by atoms with E-state index >= 15 is 0 Å². The van der Waals surface area contributed by atoms with Crippen LogP contribution in [0.25, 0.3) is 10.1 Å². The summed E-state index contributed by atoms with van der Waals surface area (Å²) in [4.78, 5) is 13.3. The molecule has 174 valence electrons. The number of amides is 1. The lowest BCUT2D eigenvalue weighted by atomic mass is 10.1. The van der Waals surface area contributed by atoms with E-state index in [-0.39, 0.29) is 12.4 Å². The van der Waals surface area contributed by atoms with Gasteiger partial charge in [0.05, 0.1) is 17.7 Å². The fourth-order valence-corrected chi connectivity index (χ4v) is 4.49. The first kappa shape index (κ1) is 23.1. The van der Waals surface area contributed by atoms with Crippen molar-refractivity contribution in [3.8, 4) is 11.5 Å². The largest absolute Gasteiger partial charge is 0.495 e. The molecule has 8 heteroatoms. The number of anilines is 1. The number of fused-ring (bicyclic) bond motifs is 1. The molecule has 7 nitrogen and oxygen atoms in total. The SMILES string of the molecule is COc1cccc(C)c1NC(=O)OCC(Oc1cccc2sc(C(=N)N)cc12)c1ccccc1. The first-order valence-corrected chi connectivity index (χ1v) is 11.4. The van der Waals surface area contributed by atoms with Crippen molar-refractivity contribution in [2.75, 3.05) is 19.0 Å². The van der Waals surface area contributed by atoms with Gasteiger partial charge in [0.25, 0.3) is 0 Å². The molecule has 0 bridgehead atoms. The number of methoxy groups -OCH3 is 1. The number of para-hydroxylation sites is 1. The number of amidine groups is 1. The number of aryl methyl sites for hydroxylation is 1. The van der Waals surface area contributed by atoms with Gasteiger partial charge in [-0.25, -0.2) is 4.79 Å². The maximum absolute atomic E-state index is 12.6. The van der Waals surface area contributed by atoms with Crippen molar-refractivity contribution < 1.29 is 19.0 Å². The van der Waals surface area contributed by atoms with Crippen molar-refractivity contribution in [2.24, 2.45) is 5.73 Å². The molecule has 0 spiro atoms. The van der Waals surface area contributed by atoms with Crippen LogP contribution in [0.4, 0.5) is 10.5 Å². The van der Waals surface area contributed by atoms with Crippen LogP contribution in [0.1, 0.15) is 22.1 Å². The lowest BCUT2D eigenvalue weighted by Gasteiger charge is -2.21. The van der Waals surface area contributed by atoms with Crippen LogP contribution in [0.3, 0.4) is 0 Å². The molecule has 0 saturated carbocycles. The molecular formula is C26H25N3O4S. The quantitative estimate of drug-likeness (QED) is 0.218. The fourth-order valence-electron chi connectivity index (χ4n) is 3.55. The molecule has 4 rings (SSSR count). The monoisotopic (exact) mass is 475 g/mol. The number of carbonyl (C=O) groups is 1. The van der Waals surface area contributed by atoms with Gasteiger partial charge >= 0.3 is 6.09 Å². The van der Waals surface area contributed by atoms with Crippen LogP contribution < -0.4 is 20.5 Å². The molecule has 3 aromatic carbocycles. The average molecular weight is 476 g/mol. The number of nitrogens with one attached hydrogen (secondary N) is 2. The Morgan fingerprint density at radius 1 is 1.06 bits per heavy atom. The predicted molar refractivity (Wildman–Crippen MR) is 135 cm³/mol. The standard InChI is InChI=1S/C26H25N3O4S/c1-16-8-6-12-20(31-2)24(16)29-26(30)32-15-21(17-9-4-3-5-10-17)33-19-11-7-13-22-18(19)14-23(34-22)25(27)28/h3-14,21H,15H2,1-2H3,(H3,27,28)(H,29,30). The van der Waals surface area contributed by atoms with Crippen LogP contribution in [0.2, 0.25) is 0 Å². The number of nitrogens with two attached hydrogens (primary N) is 1. The number of carbonyl (C=O) groups excluding carboxylic acids is 1. The molecule has 1 aromatic heterocycles. The molecular weight excluding hydrogens is 450 g/mol. The zero-order valence-corrected chi connectivity index (χ0v) is 19.6. The Hall–Kier alpha value is -4.04. The smallest absolute Gasteiger partial charge is 0.411 e. The van der Waals surface area contributed by atoms with Crippen molar-refractivity contribution in [3.63, 3.8) is 0 Å². The van der Waals surface area contributed by atoms with Crippen LogP contribution in [0.5, 0.6) is 11.5 Å². The number of thiophene rings is 1. The maximum Gasteiger partial charge on any atom is 0.411 e. The maximum atomic E-state index is 12.6. The second-order valence-corrected chi connectivity index (χ2v) is 8.67. The van der Waals surface area contributed by atoms with Gasteiger partial charge in [-0.15, -0.1) is 11.3 Å². The van der Waals surface area contributed by atoms with Gasteiger partial charge in [-0.3, -0.25) is 10.7 Å². The third-order valence-electron chi connectivity index (χ3n) is 5.27. The molecule has 0 saturated heterocycles. The molecule has 1 amide bonds. The molecule has 34 heavy (non-hydrogen) atoms. The summed E-state index contributed by atoms with van der Waals surface area (Å²) in [5.74, 6) is 1.19. The third-order valence-corrected chi connectivity index (χ3v) is 6.41. The van der Waals surface area contributed by atoms with Crippen LogP contribution in [-0.4, -0.2) is 25.6 Å². The Morgan fingerprint density at radius 3 is 2.53 bits per heavy atom. The Bertz CT molecular complexity index is 1320. The number of hydrogen-bond acceptors (Lipinski definition) is 6. The summed E-state index contributed by atoms with van der Waals surface area (Å²) in [7, 11) is 1.55. The number of rotatable bonds is 8. The van der Waals surface area contributed by atoms with Crippen LogP contribution in [0.15, 0.2) is 72.8 Å². The molecule has 0 aliphatic rings. The summed E-state index contributed by atoms with van der Waals surface area (Å²) in [6.45, 7) is 1.87. The minimum Gasteiger partial charge on any atom is -0.495 e. The molecule has 1 heterocycles. The summed E-state index contributed by atoms with van der Waals surface area (Å²) in [6.07, 6.45) is -1.15. The molecule has 1 unspecified atom stereocenters. The van der Waals surface area contributed by atoms with E-state index in [1.54, 1.807) is 13.2 Å². The van der Waals surface area contributed by atoms with Crippen molar-refractivity contribution in [2.45, 2.75) is 13.0 Å². The molecule has 4 aromatic rings. The molecule has 4 N–H and O–H groups in total. The molecule has 0 aliphatic carbocycles. The summed E-state index contributed by atoms with van der Waals surface area (Å²) in [5, 5.41) is 11.4. The van der Waals surface area contributed by atoms with E-state index in [2.05, 4.69) is 5.32 Å². The average Bonchev–Trinajstić information content (AvgIpc) is 3.29. The van der Waals surface area contributed by atoms with E-state index in [0.717, 1.165) is 21.2 Å². The topological polar surface area (TPSA) is 107 Å². The Balaban J connectivity index is 1.55. The Kier molecular flexibility index (Phi) is 6.98. The lowest BCUT2D eigenvalue weighted by Crippen LogP contribution is -2.21. The summed E-state index contributed by atoms with van der Waals surface area (Å²) >= 11 is 1.43. The second-order valence-electron chi connectivity index (χ2n) is 7.59. The Morgan fingerprint density at radius 2 is 1.79 bits per heavy atom. The van der Waals surface area contributed by atoms with E-state index in [1.165, 1.54) is 11.3 Å². The first-order valence-electron chi connectivity index (χ1n) is 10.6. The van der Waals surface area contributed by atoms with Gasteiger partial charge in [-0.05, 0) is 42.3 Å².